The van der Waals surface area contributed by atoms with Crippen molar-refractivity contribution in [3.05, 3.63) is 53.7 Å². The number of anilines is 1. The van der Waals surface area contributed by atoms with Crippen LogP contribution in [0.5, 0.6) is 0 Å². The number of hydrogen-bond acceptors (Lipinski definition) is 4. The first kappa shape index (κ1) is 17.8. The van der Waals surface area contributed by atoms with Gasteiger partial charge in [0.1, 0.15) is 5.92 Å². The summed E-state index contributed by atoms with van der Waals surface area (Å²) in [6, 6.07) is 7.64. The largest absolute Gasteiger partial charge is 0.416 e. The Morgan fingerprint density at radius 2 is 1.92 bits per heavy atom. The van der Waals surface area contributed by atoms with E-state index in [1.165, 1.54) is 29.3 Å². The second-order valence-electron chi connectivity index (χ2n) is 6.02. The number of likely N-dealkylation sites (N-methyl/N-ethyl adjacent to an activating group) is 1. The molecule has 6 nitrogen and oxygen atoms in total. The Labute approximate surface area is 147 Å². The van der Waals surface area contributed by atoms with E-state index in [4.69, 9.17) is 0 Å². The van der Waals surface area contributed by atoms with Gasteiger partial charge in [0.15, 0.2) is 5.82 Å². The van der Waals surface area contributed by atoms with Gasteiger partial charge in [0, 0.05) is 25.7 Å². The highest BCUT2D eigenvalue weighted by molar-refractivity contribution is 6.08. The van der Waals surface area contributed by atoms with Crippen LogP contribution in [0.25, 0.3) is 0 Å². The third kappa shape index (κ3) is 3.51. The van der Waals surface area contributed by atoms with Gasteiger partial charge in [-0.2, -0.15) is 18.3 Å². The first-order chi connectivity index (χ1) is 12.3. The number of alkyl halides is 3. The topological polar surface area (TPSA) is 75.2 Å². The van der Waals surface area contributed by atoms with Crippen molar-refractivity contribution < 1.29 is 22.8 Å². The molecule has 0 radical (unpaired) electrons. The first-order valence-corrected chi connectivity index (χ1v) is 7.78. The van der Waals surface area contributed by atoms with Crippen LogP contribution in [0.1, 0.15) is 17.0 Å². The molecule has 1 aromatic carbocycles. The molecule has 0 spiro atoms. The van der Waals surface area contributed by atoms with Crippen molar-refractivity contribution in [2.45, 2.75) is 12.1 Å². The smallest absolute Gasteiger partial charge is 0.344 e. The Morgan fingerprint density at radius 3 is 2.50 bits per heavy atom. The highest BCUT2D eigenvalue weighted by Gasteiger charge is 2.44. The predicted octanol–water partition coefficient (Wildman–Crippen LogP) is 2.31. The minimum Gasteiger partial charge on any atom is -0.344 e. The zero-order valence-corrected chi connectivity index (χ0v) is 13.7. The van der Waals surface area contributed by atoms with Crippen molar-refractivity contribution in [3.8, 4) is 0 Å². The van der Waals surface area contributed by atoms with E-state index in [2.05, 4.69) is 15.5 Å². The summed E-state index contributed by atoms with van der Waals surface area (Å²) in [5.74, 6) is -2.35. The maximum absolute atomic E-state index is 12.7. The number of nitrogens with zero attached hydrogens (tertiary/aromatic N) is 3. The Bertz CT molecular complexity index is 809. The summed E-state index contributed by atoms with van der Waals surface area (Å²) >= 11 is 0. The van der Waals surface area contributed by atoms with E-state index in [0.29, 0.717) is 5.56 Å². The van der Waals surface area contributed by atoms with Crippen molar-refractivity contribution in [2.75, 3.05) is 18.9 Å². The average Bonchev–Trinajstić information content (AvgIpc) is 2.90. The molecule has 9 heteroatoms. The van der Waals surface area contributed by atoms with Crippen LogP contribution in [0.2, 0.25) is 0 Å². The lowest BCUT2D eigenvalue weighted by Crippen LogP contribution is -2.33. The molecule has 1 saturated heterocycles. The SMILES string of the molecule is CN1C[C@@H](c2ccc(C(F)(F)F)cc2)[C@H](C(=O)Nc2cccnn2)C1=O. The summed E-state index contributed by atoms with van der Waals surface area (Å²) in [5, 5.41) is 9.91. The summed E-state index contributed by atoms with van der Waals surface area (Å²) in [6.45, 7) is 0.239. The zero-order chi connectivity index (χ0) is 18.9. The van der Waals surface area contributed by atoms with Gasteiger partial charge in [-0.05, 0) is 29.8 Å². The maximum Gasteiger partial charge on any atom is 0.416 e. The van der Waals surface area contributed by atoms with Crippen molar-refractivity contribution in [3.63, 3.8) is 0 Å². The van der Waals surface area contributed by atoms with Crippen LogP contribution < -0.4 is 5.32 Å². The standard InChI is InChI=1S/C17H15F3N4O2/c1-24-9-12(10-4-6-11(7-5-10)17(18,19)20)14(16(24)26)15(25)22-13-3-2-8-21-23-13/h2-8,12,14H,9H2,1H3,(H,22,23,25)/t12-,14+/m0/s1. The van der Waals surface area contributed by atoms with E-state index in [1.807, 2.05) is 0 Å². The van der Waals surface area contributed by atoms with Crippen LogP contribution in [0.3, 0.4) is 0 Å². The molecule has 2 amide bonds. The number of hydrogen-bond donors (Lipinski definition) is 1. The number of benzene rings is 1. The van der Waals surface area contributed by atoms with Gasteiger partial charge in [-0.1, -0.05) is 12.1 Å². The highest BCUT2D eigenvalue weighted by Crippen LogP contribution is 2.36. The Hall–Kier alpha value is -2.97. The fourth-order valence-corrected chi connectivity index (χ4v) is 2.98. The van der Waals surface area contributed by atoms with Gasteiger partial charge < -0.3 is 10.2 Å². The first-order valence-electron chi connectivity index (χ1n) is 7.78. The van der Waals surface area contributed by atoms with E-state index in [9.17, 15) is 22.8 Å². The fraction of sp³-hybridized carbons (Fsp3) is 0.294. The van der Waals surface area contributed by atoms with Crippen molar-refractivity contribution in [1.29, 1.82) is 0 Å². The summed E-state index contributed by atoms with van der Waals surface area (Å²) < 4.78 is 38.2. The highest BCUT2D eigenvalue weighted by atomic mass is 19.4. The number of amides is 2. The van der Waals surface area contributed by atoms with Gasteiger partial charge in [0.25, 0.3) is 0 Å². The number of nitrogens with one attached hydrogen (secondary N) is 1. The Kier molecular flexibility index (Phi) is 4.62. The van der Waals surface area contributed by atoms with E-state index >= 15 is 0 Å². The quantitative estimate of drug-likeness (QED) is 0.848. The number of aromatic nitrogens is 2. The monoisotopic (exact) mass is 364 g/mol. The fourth-order valence-electron chi connectivity index (χ4n) is 2.98. The van der Waals surface area contributed by atoms with Crippen LogP contribution >= 0.6 is 0 Å². The van der Waals surface area contributed by atoms with Crippen LogP contribution in [0.4, 0.5) is 19.0 Å². The molecule has 26 heavy (non-hydrogen) atoms. The molecule has 1 aliphatic heterocycles. The van der Waals surface area contributed by atoms with Crippen LogP contribution in [-0.2, 0) is 15.8 Å². The number of rotatable bonds is 3. The number of carbonyl (C=O) groups excluding carboxylic acids is 2. The lowest BCUT2D eigenvalue weighted by Gasteiger charge is -2.17. The van der Waals surface area contributed by atoms with Gasteiger partial charge in [-0.3, -0.25) is 9.59 Å². The molecule has 1 N–H and O–H groups in total. The number of carbonyl (C=O) groups is 2. The van der Waals surface area contributed by atoms with Gasteiger partial charge >= 0.3 is 6.18 Å². The minimum atomic E-state index is -4.44. The molecule has 0 saturated carbocycles. The molecule has 1 aromatic heterocycles. The maximum atomic E-state index is 12.7. The molecular weight excluding hydrogens is 349 g/mol. The molecule has 2 aromatic rings. The molecule has 0 aliphatic carbocycles. The number of likely N-dealkylation sites (tertiary alicyclic amines) is 1. The Morgan fingerprint density at radius 1 is 1.23 bits per heavy atom. The van der Waals surface area contributed by atoms with Crippen molar-refractivity contribution in [2.24, 2.45) is 5.92 Å². The van der Waals surface area contributed by atoms with Crippen LogP contribution in [0, 0.1) is 5.92 Å². The van der Waals surface area contributed by atoms with Gasteiger partial charge in [0.05, 0.1) is 5.56 Å². The molecule has 1 aliphatic rings. The predicted molar refractivity (Wildman–Crippen MR) is 86.0 cm³/mol. The molecule has 0 unspecified atom stereocenters. The average molecular weight is 364 g/mol. The lowest BCUT2D eigenvalue weighted by molar-refractivity contribution is -0.138. The van der Waals surface area contributed by atoms with E-state index in [1.54, 1.807) is 13.1 Å². The van der Waals surface area contributed by atoms with Crippen LogP contribution in [0.15, 0.2) is 42.6 Å². The molecule has 136 valence electrons. The van der Waals surface area contributed by atoms with Gasteiger partial charge in [-0.15, -0.1) is 5.10 Å². The summed E-state index contributed by atoms with van der Waals surface area (Å²) in [5.41, 5.74) is -0.283. The van der Waals surface area contributed by atoms with E-state index < -0.39 is 35.4 Å². The zero-order valence-electron chi connectivity index (χ0n) is 13.7. The second-order valence-corrected chi connectivity index (χ2v) is 6.02. The molecule has 2 atom stereocenters. The molecule has 0 bridgehead atoms. The lowest BCUT2D eigenvalue weighted by atomic mass is 9.87. The number of halogens is 3. The summed E-state index contributed by atoms with van der Waals surface area (Å²) in [6.07, 6.45) is -3.00. The summed E-state index contributed by atoms with van der Waals surface area (Å²) in [4.78, 5) is 26.4. The molecule has 1 fully saturated rings. The van der Waals surface area contributed by atoms with E-state index in [0.717, 1.165) is 12.1 Å². The molecular formula is C17H15F3N4O2. The van der Waals surface area contributed by atoms with E-state index in [-0.39, 0.29) is 12.4 Å². The molecule has 2 heterocycles. The minimum absolute atomic E-state index is 0.200. The third-order valence-corrected chi connectivity index (χ3v) is 4.29. The van der Waals surface area contributed by atoms with Gasteiger partial charge in [-0.25, -0.2) is 0 Å². The van der Waals surface area contributed by atoms with Crippen molar-refractivity contribution >= 4 is 17.6 Å². The normalized spacial score (nSPS) is 20.3. The van der Waals surface area contributed by atoms with Crippen molar-refractivity contribution in [1.82, 2.24) is 15.1 Å². The summed E-state index contributed by atoms with van der Waals surface area (Å²) in [7, 11) is 1.55. The molecule has 3 rings (SSSR count). The van der Waals surface area contributed by atoms with Crippen LogP contribution in [-0.4, -0.2) is 40.5 Å². The second kappa shape index (κ2) is 6.74. The Balaban J connectivity index is 1.85. The van der Waals surface area contributed by atoms with Gasteiger partial charge in [0.2, 0.25) is 11.8 Å². The third-order valence-electron chi connectivity index (χ3n) is 4.29.